The first kappa shape index (κ1) is 11.6. The van der Waals surface area contributed by atoms with E-state index in [1.54, 1.807) is 12.1 Å². The first-order valence-corrected chi connectivity index (χ1v) is 6.49. The monoisotopic (exact) mass is 264 g/mol. The lowest BCUT2D eigenvalue weighted by molar-refractivity contribution is -0.120. The van der Waals surface area contributed by atoms with Gasteiger partial charge in [-0.1, -0.05) is 0 Å². The van der Waals surface area contributed by atoms with Crippen LogP contribution in [-0.2, 0) is 4.79 Å². The van der Waals surface area contributed by atoms with Crippen LogP contribution in [-0.4, -0.2) is 28.5 Å². The van der Waals surface area contributed by atoms with Gasteiger partial charge in [-0.05, 0) is 55.7 Å². The zero-order valence-electron chi connectivity index (χ0n) is 9.80. The number of thiocarbonyl (C=S) groups is 1. The molecule has 2 saturated heterocycles. The van der Waals surface area contributed by atoms with E-state index in [9.17, 15) is 9.18 Å². The van der Waals surface area contributed by atoms with Gasteiger partial charge < -0.3 is 4.90 Å². The second-order valence-corrected chi connectivity index (χ2v) is 5.00. The molecule has 1 aromatic carbocycles. The molecule has 2 aliphatic rings. The fourth-order valence-electron chi connectivity index (χ4n) is 2.62. The van der Waals surface area contributed by atoms with E-state index in [4.69, 9.17) is 12.2 Å². The standard InChI is InChI=1S/C13H13FN2OS/c14-9-4-6-10(7-5-9)16-12(17)11-3-1-2-8-15(11)13(16)18/h4-7,11H,1-3,8H2/t11-/m1/s1. The maximum absolute atomic E-state index is 12.9. The Labute approximate surface area is 110 Å². The Balaban J connectivity index is 1.95. The smallest absolute Gasteiger partial charge is 0.256 e. The molecule has 0 aromatic heterocycles. The molecule has 0 bridgehead atoms. The minimum absolute atomic E-state index is 0.0197. The van der Waals surface area contributed by atoms with E-state index in [2.05, 4.69) is 0 Å². The van der Waals surface area contributed by atoms with Crippen LogP contribution in [0.5, 0.6) is 0 Å². The molecule has 1 aromatic rings. The van der Waals surface area contributed by atoms with Gasteiger partial charge in [0.2, 0.25) is 0 Å². The molecule has 3 nitrogen and oxygen atoms in total. The van der Waals surface area contributed by atoms with Crippen LogP contribution in [0.1, 0.15) is 19.3 Å². The average Bonchev–Trinajstić information content (AvgIpc) is 2.64. The third-order valence-corrected chi connectivity index (χ3v) is 3.95. The molecule has 2 fully saturated rings. The Kier molecular flexibility index (Phi) is 2.78. The SMILES string of the molecule is O=C1[C@H]2CCCCN2C(=S)N1c1ccc(F)cc1. The summed E-state index contributed by atoms with van der Waals surface area (Å²) < 4.78 is 12.9. The summed E-state index contributed by atoms with van der Waals surface area (Å²) in [6.07, 6.45) is 2.99. The van der Waals surface area contributed by atoms with E-state index in [1.807, 2.05) is 4.90 Å². The van der Waals surface area contributed by atoms with Crippen LogP contribution < -0.4 is 4.90 Å². The molecule has 18 heavy (non-hydrogen) atoms. The summed E-state index contributed by atoms with van der Waals surface area (Å²) in [7, 11) is 0. The van der Waals surface area contributed by atoms with Gasteiger partial charge in [-0.25, -0.2) is 4.39 Å². The van der Waals surface area contributed by atoms with Crippen molar-refractivity contribution in [3.63, 3.8) is 0 Å². The summed E-state index contributed by atoms with van der Waals surface area (Å²) in [6.45, 7) is 0.840. The Hall–Kier alpha value is -1.49. The number of hydrogen-bond acceptors (Lipinski definition) is 2. The zero-order valence-corrected chi connectivity index (χ0v) is 10.6. The number of rotatable bonds is 1. The Bertz CT molecular complexity index is 478. The minimum atomic E-state index is -0.311. The molecule has 5 heteroatoms. The molecule has 0 unspecified atom stereocenters. The summed E-state index contributed by atoms with van der Waals surface area (Å²) in [4.78, 5) is 15.9. The zero-order chi connectivity index (χ0) is 12.7. The van der Waals surface area contributed by atoms with Gasteiger partial charge in [0.25, 0.3) is 5.91 Å². The fourth-order valence-corrected chi connectivity index (χ4v) is 3.03. The van der Waals surface area contributed by atoms with Gasteiger partial charge in [0, 0.05) is 6.54 Å². The van der Waals surface area contributed by atoms with Crippen molar-refractivity contribution in [2.75, 3.05) is 11.4 Å². The summed E-state index contributed by atoms with van der Waals surface area (Å²) in [6, 6.07) is 5.78. The number of benzene rings is 1. The normalized spacial score (nSPS) is 23.5. The highest BCUT2D eigenvalue weighted by Gasteiger charge is 2.43. The number of halogens is 1. The van der Waals surface area contributed by atoms with Gasteiger partial charge in [0.1, 0.15) is 11.9 Å². The highest BCUT2D eigenvalue weighted by Crippen LogP contribution is 2.30. The number of nitrogens with zero attached hydrogens (tertiary/aromatic N) is 2. The second-order valence-electron chi connectivity index (χ2n) is 4.64. The van der Waals surface area contributed by atoms with E-state index in [0.717, 1.165) is 25.8 Å². The van der Waals surface area contributed by atoms with Crippen LogP contribution in [0.15, 0.2) is 24.3 Å². The molecule has 0 spiro atoms. The molecule has 0 radical (unpaired) electrons. The molecule has 0 saturated carbocycles. The third kappa shape index (κ3) is 1.70. The Morgan fingerprint density at radius 1 is 1.22 bits per heavy atom. The van der Waals surface area contributed by atoms with E-state index in [0.29, 0.717) is 10.8 Å². The molecule has 3 rings (SSSR count). The van der Waals surface area contributed by atoms with Crippen LogP contribution in [0.4, 0.5) is 10.1 Å². The number of piperidine rings is 1. The van der Waals surface area contributed by atoms with Gasteiger partial charge >= 0.3 is 0 Å². The van der Waals surface area contributed by atoms with Crippen molar-refractivity contribution in [1.82, 2.24) is 4.90 Å². The molecule has 2 aliphatic heterocycles. The quantitative estimate of drug-likeness (QED) is 0.727. The maximum Gasteiger partial charge on any atom is 0.256 e. The summed E-state index contributed by atoms with van der Waals surface area (Å²) >= 11 is 5.37. The van der Waals surface area contributed by atoms with Crippen LogP contribution in [0.25, 0.3) is 0 Å². The van der Waals surface area contributed by atoms with Crippen molar-refractivity contribution in [3.05, 3.63) is 30.1 Å². The van der Waals surface area contributed by atoms with Crippen molar-refractivity contribution in [3.8, 4) is 0 Å². The second kappa shape index (κ2) is 4.31. The van der Waals surface area contributed by atoms with Gasteiger partial charge in [-0.3, -0.25) is 9.69 Å². The topological polar surface area (TPSA) is 23.6 Å². The number of amides is 1. The molecule has 0 N–H and O–H groups in total. The summed E-state index contributed by atoms with van der Waals surface area (Å²) in [5.41, 5.74) is 0.654. The molecular weight excluding hydrogens is 251 g/mol. The highest BCUT2D eigenvalue weighted by molar-refractivity contribution is 7.80. The number of anilines is 1. The van der Waals surface area contributed by atoms with E-state index in [-0.39, 0.29) is 17.8 Å². The van der Waals surface area contributed by atoms with Crippen molar-refractivity contribution >= 4 is 28.9 Å². The molecule has 0 aliphatic carbocycles. The first-order chi connectivity index (χ1) is 8.68. The van der Waals surface area contributed by atoms with Crippen LogP contribution in [0, 0.1) is 5.82 Å². The van der Waals surface area contributed by atoms with E-state index >= 15 is 0 Å². The van der Waals surface area contributed by atoms with Crippen molar-refractivity contribution < 1.29 is 9.18 Å². The lowest BCUT2D eigenvalue weighted by Gasteiger charge is -2.27. The maximum atomic E-state index is 12.9. The predicted octanol–water partition coefficient (Wildman–Crippen LogP) is 2.31. The van der Waals surface area contributed by atoms with Gasteiger partial charge in [-0.2, -0.15) is 0 Å². The summed E-state index contributed by atoms with van der Waals surface area (Å²) in [5, 5.41) is 0.552. The molecule has 94 valence electrons. The van der Waals surface area contributed by atoms with Crippen LogP contribution in [0.2, 0.25) is 0 Å². The summed E-state index contributed by atoms with van der Waals surface area (Å²) in [5.74, 6) is -0.291. The van der Waals surface area contributed by atoms with Crippen molar-refractivity contribution in [2.45, 2.75) is 25.3 Å². The van der Waals surface area contributed by atoms with Gasteiger partial charge in [-0.15, -0.1) is 0 Å². The largest absolute Gasteiger partial charge is 0.336 e. The Morgan fingerprint density at radius 2 is 1.94 bits per heavy atom. The van der Waals surface area contributed by atoms with E-state index in [1.165, 1.54) is 17.0 Å². The number of fused-ring (bicyclic) bond motifs is 1. The van der Waals surface area contributed by atoms with Gasteiger partial charge in [0.15, 0.2) is 5.11 Å². The third-order valence-electron chi connectivity index (χ3n) is 3.53. The van der Waals surface area contributed by atoms with Crippen LogP contribution >= 0.6 is 12.2 Å². The average molecular weight is 264 g/mol. The van der Waals surface area contributed by atoms with Crippen molar-refractivity contribution in [2.24, 2.45) is 0 Å². The highest BCUT2D eigenvalue weighted by atomic mass is 32.1. The van der Waals surface area contributed by atoms with Gasteiger partial charge in [0.05, 0.1) is 5.69 Å². The predicted molar refractivity (Wildman–Crippen MR) is 70.8 cm³/mol. The lowest BCUT2D eigenvalue weighted by Crippen LogP contribution is -2.38. The Morgan fingerprint density at radius 3 is 2.61 bits per heavy atom. The number of carbonyl (C=O) groups excluding carboxylic acids is 1. The van der Waals surface area contributed by atoms with Crippen LogP contribution in [0.3, 0.4) is 0 Å². The minimum Gasteiger partial charge on any atom is -0.336 e. The molecule has 1 atom stereocenters. The van der Waals surface area contributed by atoms with E-state index < -0.39 is 0 Å². The van der Waals surface area contributed by atoms with Crippen molar-refractivity contribution in [1.29, 1.82) is 0 Å². The first-order valence-electron chi connectivity index (χ1n) is 6.08. The number of hydrogen-bond donors (Lipinski definition) is 0. The lowest BCUT2D eigenvalue weighted by atomic mass is 10.0. The number of carbonyl (C=O) groups is 1. The molecular formula is C13H13FN2OS. The molecule has 1 amide bonds. The fraction of sp³-hybridized carbons (Fsp3) is 0.385. The molecule has 2 heterocycles.